The van der Waals surface area contributed by atoms with E-state index in [1.54, 1.807) is 0 Å². The largest absolute Gasteiger partial charge is 0.450 e. The Morgan fingerprint density at radius 3 is 2.59 bits per heavy atom. The summed E-state index contributed by atoms with van der Waals surface area (Å²) in [4.78, 5) is 8.37. The number of alkyl halides is 3. The van der Waals surface area contributed by atoms with E-state index in [2.05, 4.69) is 25.5 Å². The number of nitrogens with one attached hydrogen (secondary N) is 3. The van der Waals surface area contributed by atoms with Crippen molar-refractivity contribution in [2.75, 3.05) is 44.7 Å². The van der Waals surface area contributed by atoms with Crippen molar-refractivity contribution in [3.63, 3.8) is 0 Å². The van der Waals surface area contributed by atoms with Crippen molar-refractivity contribution in [1.29, 1.82) is 0 Å². The molecular formula is C21H20F5N5O2S. The second-order valence-electron chi connectivity index (χ2n) is 7.44. The predicted molar refractivity (Wildman–Crippen MR) is 119 cm³/mol. The molecule has 0 aliphatic carbocycles. The zero-order chi connectivity index (χ0) is 24.3. The molecule has 0 unspecified atom stereocenters. The summed E-state index contributed by atoms with van der Waals surface area (Å²) in [6.07, 6.45) is -2.83. The van der Waals surface area contributed by atoms with Crippen LogP contribution in [0.3, 0.4) is 0 Å². The van der Waals surface area contributed by atoms with Crippen LogP contribution < -0.4 is 15.4 Å². The van der Waals surface area contributed by atoms with E-state index in [0.717, 1.165) is 44.0 Å². The Kier molecular flexibility index (Phi) is 7.14. The number of anilines is 1. The molecule has 182 valence electrons. The Bertz CT molecular complexity index is 1160. The highest BCUT2D eigenvalue weighted by Gasteiger charge is 2.35. The minimum atomic E-state index is -4.71. The summed E-state index contributed by atoms with van der Waals surface area (Å²) in [5.74, 6) is -3.48. The van der Waals surface area contributed by atoms with Gasteiger partial charge in [-0.05, 0) is 18.3 Å². The topological polar surface area (TPSA) is 74.4 Å². The van der Waals surface area contributed by atoms with Gasteiger partial charge in [-0.25, -0.2) is 13.8 Å². The van der Waals surface area contributed by atoms with E-state index in [-0.39, 0.29) is 16.4 Å². The van der Waals surface area contributed by atoms with Crippen molar-refractivity contribution >= 4 is 34.1 Å². The lowest BCUT2D eigenvalue weighted by molar-refractivity contribution is -0.136. The molecule has 0 bridgehead atoms. The minimum absolute atomic E-state index is 0.0173. The van der Waals surface area contributed by atoms with Crippen LogP contribution in [-0.4, -0.2) is 59.4 Å². The Balaban J connectivity index is 1.45. The number of aromatic amines is 1. The van der Waals surface area contributed by atoms with Gasteiger partial charge in [0.05, 0.1) is 24.2 Å². The molecule has 0 amide bonds. The number of hydrogen-bond donors (Lipinski definition) is 3. The average Bonchev–Trinajstić information content (AvgIpc) is 3.23. The molecule has 1 aliphatic heterocycles. The zero-order valence-corrected chi connectivity index (χ0v) is 18.5. The number of pyridine rings is 1. The first-order valence-electron chi connectivity index (χ1n) is 10.3. The summed E-state index contributed by atoms with van der Waals surface area (Å²) >= 11 is 5.16. The molecule has 13 heteroatoms. The van der Waals surface area contributed by atoms with Gasteiger partial charge < -0.3 is 25.1 Å². The van der Waals surface area contributed by atoms with Crippen molar-refractivity contribution in [2.24, 2.45) is 0 Å². The van der Waals surface area contributed by atoms with E-state index in [0.29, 0.717) is 19.8 Å². The fourth-order valence-corrected chi connectivity index (χ4v) is 3.72. The van der Waals surface area contributed by atoms with Gasteiger partial charge >= 0.3 is 6.18 Å². The van der Waals surface area contributed by atoms with E-state index in [9.17, 15) is 22.0 Å². The molecule has 1 aromatic carbocycles. The van der Waals surface area contributed by atoms with Crippen molar-refractivity contribution in [3.8, 4) is 11.5 Å². The lowest BCUT2D eigenvalue weighted by Crippen LogP contribution is -2.42. The number of ether oxygens (including phenoxy) is 2. The summed E-state index contributed by atoms with van der Waals surface area (Å²) in [6, 6.07) is 2.98. The molecule has 0 radical (unpaired) electrons. The number of benzene rings is 1. The van der Waals surface area contributed by atoms with Crippen molar-refractivity contribution in [1.82, 2.24) is 20.2 Å². The maximum absolute atomic E-state index is 14.7. The van der Waals surface area contributed by atoms with E-state index in [4.69, 9.17) is 21.7 Å². The first kappa shape index (κ1) is 24.1. The van der Waals surface area contributed by atoms with Crippen LogP contribution >= 0.6 is 12.2 Å². The van der Waals surface area contributed by atoms with Crippen LogP contribution in [0.5, 0.6) is 11.5 Å². The van der Waals surface area contributed by atoms with Crippen molar-refractivity contribution < 1.29 is 31.4 Å². The van der Waals surface area contributed by atoms with E-state index in [1.165, 1.54) is 6.20 Å². The minimum Gasteiger partial charge on any atom is -0.450 e. The molecular weight excluding hydrogens is 481 g/mol. The number of morpholine rings is 1. The van der Waals surface area contributed by atoms with Gasteiger partial charge in [0.25, 0.3) is 0 Å². The van der Waals surface area contributed by atoms with Crippen molar-refractivity contribution in [3.05, 3.63) is 47.8 Å². The Morgan fingerprint density at radius 2 is 1.91 bits per heavy atom. The maximum atomic E-state index is 14.7. The predicted octanol–water partition coefficient (Wildman–Crippen LogP) is 4.27. The molecule has 2 aromatic heterocycles. The molecule has 7 nitrogen and oxygen atoms in total. The fourth-order valence-electron chi connectivity index (χ4n) is 3.50. The highest BCUT2D eigenvalue weighted by molar-refractivity contribution is 7.80. The van der Waals surface area contributed by atoms with Gasteiger partial charge in [-0.1, -0.05) is 0 Å². The van der Waals surface area contributed by atoms with E-state index in [1.807, 2.05) is 0 Å². The van der Waals surface area contributed by atoms with Gasteiger partial charge in [-0.15, -0.1) is 0 Å². The second-order valence-corrected chi connectivity index (χ2v) is 7.85. The summed E-state index contributed by atoms with van der Waals surface area (Å²) in [5.41, 5.74) is -1.17. The third kappa shape index (κ3) is 5.54. The fraction of sp³-hybridized carbons (Fsp3) is 0.333. The quantitative estimate of drug-likeness (QED) is 0.344. The molecule has 34 heavy (non-hydrogen) atoms. The lowest BCUT2D eigenvalue weighted by Gasteiger charge is -2.26. The molecule has 1 aliphatic rings. The highest BCUT2D eigenvalue weighted by Crippen LogP contribution is 2.40. The molecule has 0 atom stereocenters. The number of aromatic nitrogens is 2. The molecule has 1 fully saturated rings. The average molecular weight is 501 g/mol. The smallest absolute Gasteiger partial charge is 0.418 e. The number of H-pyrrole nitrogens is 1. The molecule has 0 spiro atoms. The van der Waals surface area contributed by atoms with E-state index < -0.39 is 40.3 Å². The summed E-state index contributed by atoms with van der Waals surface area (Å²) < 4.78 is 79.8. The van der Waals surface area contributed by atoms with Crippen LogP contribution in [0.2, 0.25) is 0 Å². The standard InChI is InChI=1S/C21H20F5N5O2S/c22-14-9-12(30-20(34)28-3-4-31-5-7-32-8-6-31)10-15(23)18(14)33-16-1-2-27-19-17(16)13(11-29-19)21(24,25)26/h1-2,9-11H,3-8H2,(H,27,29)(H2,28,30,34). The van der Waals surface area contributed by atoms with Gasteiger partial charge in [-0.3, -0.25) is 4.90 Å². The number of nitrogens with zero attached hydrogens (tertiary/aromatic N) is 2. The number of rotatable bonds is 6. The SMILES string of the molecule is Fc1cc(NC(=S)NCCN2CCOCC2)cc(F)c1Oc1ccnc2[nH]cc(C(F)(F)F)c12. The lowest BCUT2D eigenvalue weighted by atomic mass is 10.2. The van der Waals surface area contributed by atoms with Crippen LogP contribution in [0.1, 0.15) is 5.56 Å². The third-order valence-corrected chi connectivity index (χ3v) is 5.37. The molecule has 1 saturated heterocycles. The summed E-state index contributed by atoms with van der Waals surface area (Å²) in [5, 5.41) is 5.38. The van der Waals surface area contributed by atoms with Crippen molar-refractivity contribution in [2.45, 2.75) is 6.18 Å². The first-order chi connectivity index (χ1) is 16.2. The number of fused-ring (bicyclic) bond motifs is 1. The number of hydrogen-bond acceptors (Lipinski definition) is 5. The first-order valence-corrected chi connectivity index (χ1v) is 10.7. The Morgan fingerprint density at radius 1 is 1.21 bits per heavy atom. The molecule has 0 saturated carbocycles. The molecule has 3 heterocycles. The monoisotopic (exact) mass is 501 g/mol. The van der Waals surface area contributed by atoms with Crippen LogP contribution in [0, 0.1) is 11.6 Å². The highest BCUT2D eigenvalue weighted by atomic mass is 32.1. The van der Waals surface area contributed by atoms with E-state index >= 15 is 0 Å². The zero-order valence-electron chi connectivity index (χ0n) is 17.6. The Labute approximate surface area is 196 Å². The number of halogens is 5. The van der Waals surface area contributed by atoms with Gasteiger partial charge in [0.15, 0.2) is 22.5 Å². The maximum Gasteiger partial charge on any atom is 0.418 e. The molecule has 3 N–H and O–H groups in total. The van der Waals surface area contributed by atoms with Gasteiger partial charge in [0.1, 0.15) is 11.4 Å². The summed E-state index contributed by atoms with van der Waals surface area (Å²) in [7, 11) is 0. The van der Waals surface area contributed by atoms with Gasteiger partial charge in [0, 0.05) is 56.4 Å². The van der Waals surface area contributed by atoms with Gasteiger partial charge in [-0.2, -0.15) is 13.2 Å². The van der Waals surface area contributed by atoms with Gasteiger partial charge in [0.2, 0.25) is 0 Å². The van der Waals surface area contributed by atoms with Crippen LogP contribution in [-0.2, 0) is 10.9 Å². The molecule has 4 rings (SSSR count). The number of thiocarbonyl (C=S) groups is 1. The summed E-state index contributed by atoms with van der Waals surface area (Å²) in [6.45, 7) is 4.21. The molecule has 3 aromatic rings. The second kappa shape index (κ2) is 10.1. The van der Waals surface area contributed by atoms with Crippen LogP contribution in [0.4, 0.5) is 27.6 Å². The third-order valence-electron chi connectivity index (χ3n) is 5.13. The van der Waals surface area contributed by atoms with Crippen LogP contribution in [0.25, 0.3) is 11.0 Å². The van der Waals surface area contributed by atoms with Crippen LogP contribution in [0.15, 0.2) is 30.6 Å². The Hall–Kier alpha value is -3.03. The normalized spacial score (nSPS) is 14.9.